The highest BCUT2D eigenvalue weighted by Gasteiger charge is 2.42. The molecule has 0 aliphatic heterocycles. The largest absolute Gasteiger partial charge is 0.457 e. The van der Waals surface area contributed by atoms with Crippen molar-refractivity contribution in [1.82, 2.24) is 0 Å². The summed E-state index contributed by atoms with van der Waals surface area (Å²) in [4.78, 5) is 11.6. The number of carbonyl (C=O) groups excluding carboxylic acids is 1. The summed E-state index contributed by atoms with van der Waals surface area (Å²) in [6, 6.07) is 19.0. The highest BCUT2D eigenvalue weighted by molar-refractivity contribution is 5.67. The minimum absolute atomic E-state index is 0.356. The lowest BCUT2D eigenvalue weighted by Crippen LogP contribution is -2.23. The van der Waals surface area contributed by atoms with Gasteiger partial charge in [0.2, 0.25) is 0 Å². The topological polar surface area (TPSA) is 46.5 Å². The zero-order valence-electron chi connectivity index (χ0n) is 13.4. The van der Waals surface area contributed by atoms with Crippen LogP contribution in [0.1, 0.15) is 30.3 Å². The number of hydrogen-bond acceptors (Lipinski definition) is 3. The number of ether oxygens (including phenoxy) is 1. The fraction of sp³-hybridized carbons (Fsp3) is 0.143. The second-order valence-electron chi connectivity index (χ2n) is 5.65. The SMILES string of the molecule is CC(=O)O[C@H]([C]1[CH][CH][CH][C]1[C@@H](O)c1ccccc1)c1ccccc1. The Morgan fingerprint density at radius 2 is 1.42 bits per heavy atom. The van der Waals surface area contributed by atoms with Crippen molar-refractivity contribution in [3.63, 3.8) is 0 Å². The second-order valence-corrected chi connectivity index (χ2v) is 5.65. The second kappa shape index (κ2) is 7.63. The van der Waals surface area contributed by atoms with Crippen molar-refractivity contribution >= 4 is 5.97 Å². The first-order valence-corrected chi connectivity index (χ1v) is 7.87. The minimum atomic E-state index is -0.766. The first-order valence-electron chi connectivity index (χ1n) is 7.87. The molecule has 0 aromatic heterocycles. The van der Waals surface area contributed by atoms with Crippen LogP contribution in [0.2, 0.25) is 0 Å². The van der Waals surface area contributed by atoms with Crippen LogP contribution in [0.4, 0.5) is 0 Å². The molecule has 1 fully saturated rings. The van der Waals surface area contributed by atoms with E-state index in [-0.39, 0.29) is 5.97 Å². The lowest BCUT2D eigenvalue weighted by atomic mass is 9.81. The van der Waals surface area contributed by atoms with Crippen molar-refractivity contribution in [3.8, 4) is 0 Å². The zero-order chi connectivity index (χ0) is 16.9. The van der Waals surface area contributed by atoms with Crippen molar-refractivity contribution in [2.24, 2.45) is 0 Å². The van der Waals surface area contributed by atoms with E-state index >= 15 is 0 Å². The molecule has 0 unspecified atom stereocenters. The van der Waals surface area contributed by atoms with Crippen LogP contribution in [0.5, 0.6) is 0 Å². The molecule has 0 bridgehead atoms. The van der Waals surface area contributed by atoms with Gasteiger partial charge in [0.25, 0.3) is 0 Å². The lowest BCUT2D eigenvalue weighted by Gasteiger charge is -2.30. The number of rotatable bonds is 5. The van der Waals surface area contributed by atoms with E-state index in [1.807, 2.05) is 79.9 Å². The predicted molar refractivity (Wildman–Crippen MR) is 91.7 cm³/mol. The smallest absolute Gasteiger partial charge is 0.303 e. The van der Waals surface area contributed by atoms with E-state index in [0.717, 1.165) is 23.0 Å². The Morgan fingerprint density at radius 3 is 2.00 bits per heavy atom. The predicted octanol–water partition coefficient (Wildman–Crippen LogP) is 3.80. The summed E-state index contributed by atoms with van der Waals surface area (Å²) in [5, 5.41) is 10.8. The maximum absolute atomic E-state index is 11.6. The van der Waals surface area contributed by atoms with Crippen LogP contribution >= 0.6 is 0 Å². The Bertz CT molecular complexity index is 653. The third-order valence-electron chi connectivity index (χ3n) is 3.96. The molecule has 0 amide bonds. The highest BCUT2D eigenvalue weighted by atomic mass is 16.5. The minimum Gasteiger partial charge on any atom is -0.457 e. The molecule has 1 N–H and O–H groups in total. The Morgan fingerprint density at radius 1 is 0.875 bits per heavy atom. The van der Waals surface area contributed by atoms with E-state index in [1.165, 1.54) is 6.92 Å². The summed E-state index contributed by atoms with van der Waals surface area (Å²) >= 11 is 0. The number of carbonyl (C=O) groups is 1. The molecule has 2 aromatic carbocycles. The quantitative estimate of drug-likeness (QED) is 0.853. The number of hydrogen-bond donors (Lipinski definition) is 1. The van der Waals surface area contributed by atoms with Gasteiger partial charge in [0.15, 0.2) is 0 Å². The average molecular weight is 319 g/mol. The van der Waals surface area contributed by atoms with Gasteiger partial charge in [-0.25, -0.2) is 0 Å². The van der Waals surface area contributed by atoms with E-state index < -0.39 is 12.2 Å². The molecule has 5 radical (unpaired) electrons. The molecule has 0 heterocycles. The van der Waals surface area contributed by atoms with Crippen molar-refractivity contribution in [3.05, 3.63) is 103 Å². The van der Waals surface area contributed by atoms with Gasteiger partial charge in [-0.3, -0.25) is 4.79 Å². The molecular formula is C21H19O3. The summed E-state index contributed by atoms with van der Waals surface area (Å²) in [6.45, 7) is 1.40. The van der Waals surface area contributed by atoms with Gasteiger partial charge >= 0.3 is 5.97 Å². The maximum Gasteiger partial charge on any atom is 0.303 e. The standard InChI is InChI=1S/C21H19O3/c1-15(22)24-21(17-11-6-3-7-12-17)19-14-8-13-18(19)20(23)16-9-4-2-5-10-16/h2-14,20-21,23H,1H3/t20-,21-/m0/s1. The van der Waals surface area contributed by atoms with Crippen LogP contribution in [0.3, 0.4) is 0 Å². The third kappa shape index (κ3) is 3.68. The molecule has 0 spiro atoms. The Hall–Kier alpha value is -2.13. The van der Waals surface area contributed by atoms with Crippen molar-refractivity contribution in [2.45, 2.75) is 19.1 Å². The first-order chi connectivity index (χ1) is 11.7. The van der Waals surface area contributed by atoms with E-state index in [0.29, 0.717) is 0 Å². The molecule has 1 saturated carbocycles. The van der Waals surface area contributed by atoms with Gasteiger partial charge in [-0.15, -0.1) is 0 Å². The molecule has 2 atom stereocenters. The fourth-order valence-electron chi connectivity index (χ4n) is 2.86. The van der Waals surface area contributed by atoms with Crippen LogP contribution in [-0.2, 0) is 9.53 Å². The van der Waals surface area contributed by atoms with Crippen LogP contribution < -0.4 is 0 Å². The normalized spacial score (nSPS) is 18.2. The molecule has 3 rings (SSSR count). The summed E-state index contributed by atoms with van der Waals surface area (Å²) < 4.78 is 5.56. The highest BCUT2D eigenvalue weighted by Crippen LogP contribution is 2.49. The van der Waals surface area contributed by atoms with E-state index in [1.54, 1.807) is 0 Å². The Labute approximate surface area is 143 Å². The number of benzene rings is 2. The number of aliphatic hydroxyl groups excluding tert-OH is 1. The van der Waals surface area contributed by atoms with E-state index in [2.05, 4.69) is 0 Å². The lowest BCUT2D eigenvalue weighted by molar-refractivity contribution is -0.145. The van der Waals surface area contributed by atoms with Crippen LogP contribution in [0.15, 0.2) is 60.7 Å². The molecule has 24 heavy (non-hydrogen) atoms. The molecule has 2 aromatic rings. The molecule has 1 aliphatic rings. The molecule has 3 nitrogen and oxygen atoms in total. The summed E-state index contributed by atoms with van der Waals surface area (Å²) in [5.41, 5.74) is 1.68. The van der Waals surface area contributed by atoms with Gasteiger partial charge in [0, 0.05) is 18.8 Å². The van der Waals surface area contributed by atoms with E-state index in [4.69, 9.17) is 4.74 Å². The van der Waals surface area contributed by atoms with Gasteiger partial charge in [-0.2, -0.15) is 0 Å². The van der Waals surface area contributed by atoms with Gasteiger partial charge in [0.05, 0.1) is 6.10 Å². The summed E-state index contributed by atoms with van der Waals surface area (Å²) in [6.07, 6.45) is 4.33. The van der Waals surface area contributed by atoms with Crippen molar-refractivity contribution < 1.29 is 14.6 Å². The molecular weight excluding hydrogens is 300 g/mol. The van der Waals surface area contributed by atoms with Crippen LogP contribution in [0, 0.1) is 31.1 Å². The Balaban J connectivity index is 1.87. The molecule has 0 saturated heterocycles. The zero-order valence-corrected chi connectivity index (χ0v) is 13.4. The number of esters is 1. The summed E-state index contributed by atoms with van der Waals surface area (Å²) in [5.74, 6) is 1.19. The molecule has 121 valence electrons. The monoisotopic (exact) mass is 319 g/mol. The molecule has 3 heteroatoms. The first kappa shape index (κ1) is 16.7. The van der Waals surface area contributed by atoms with Crippen molar-refractivity contribution in [2.75, 3.05) is 0 Å². The van der Waals surface area contributed by atoms with Crippen molar-refractivity contribution in [1.29, 1.82) is 0 Å². The van der Waals surface area contributed by atoms with Gasteiger partial charge in [0.1, 0.15) is 6.10 Å². The van der Waals surface area contributed by atoms with Gasteiger partial charge < -0.3 is 9.84 Å². The molecule has 1 aliphatic carbocycles. The van der Waals surface area contributed by atoms with Gasteiger partial charge in [-0.1, -0.05) is 60.7 Å². The number of aliphatic hydroxyl groups is 1. The van der Waals surface area contributed by atoms with Crippen LogP contribution in [0.25, 0.3) is 0 Å². The third-order valence-corrected chi connectivity index (χ3v) is 3.96. The Kier molecular flexibility index (Phi) is 5.31. The van der Waals surface area contributed by atoms with E-state index in [9.17, 15) is 9.90 Å². The van der Waals surface area contributed by atoms with Gasteiger partial charge in [-0.05, 0) is 30.4 Å². The maximum atomic E-state index is 11.6. The van der Waals surface area contributed by atoms with Crippen LogP contribution in [-0.4, -0.2) is 11.1 Å². The average Bonchev–Trinajstić information content (AvgIpc) is 3.10. The fourth-order valence-corrected chi connectivity index (χ4v) is 2.86. The summed E-state index contributed by atoms with van der Waals surface area (Å²) in [7, 11) is 0.